The zero-order valence-corrected chi connectivity index (χ0v) is 15.6. The van der Waals surface area contributed by atoms with Crippen LogP contribution in [-0.4, -0.2) is 30.2 Å². The Morgan fingerprint density at radius 2 is 1.88 bits per heavy atom. The van der Waals surface area contributed by atoms with E-state index in [1.165, 1.54) is 0 Å². The maximum absolute atomic E-state index is 12.5. The third-order valence-electron chi connectivity index (χ3n) is 5.18. The first-order valence-corrected chi connectivity index (χ1v) is 8.96. The molecule has 1 unspecified atom stereocenters. The fourth-order valence-corrected chi connectivity index (χ4v) is 3.76. The average molecular weight is 354 g/mol. The van der Waals surface area contributed by atoms with E-state index in [1.807, 2.05) is 50.2 Å². The molecule has 0 radical (unpaired) electrons. The molecule has 4 heteroatoms. The minimum absolute atomic E-state index is 0.0903. The molecule has 0 spiro atoms. The van der Waals surface area contributed by atoms with Gasteiger partial charge in [-0.05, 0) is 49.1 Å². The fourth-order valence-electron chi connectivity index (χ4n) is 3.76. The number of Topliss-reactive ketones (excluding diaryl/α,β-unsaturated/α-hetero) is 1. The number of carbonyl (C=O) groups excluding carboxylic acids is 1. The molecule has 0 heterocycles. The van der Waals surface area contributed by atoms with Gasteiger partial charge in [-0.3, -0.25) is 4.79 Å². The molecule has 26 heavy (non-hydrogen) atoms. The molecule has 2 aromatic carbocycles. The van der Waals surface area contributed by atoms with E-state index in [9.17, 15) is 9.90 Å². The van der Waals surface area contributed by atoms with Crippen molar-refractivity contribution >= 4 is 5.78 Å². The van der Waals surface area contributed by atoms with Crippen LogP contribution in [0, 0.1) is 13.8 Å². The van der Waals surface area contributed by atoms with Crippen molar-refractivity contribution in [1.82, 2.24) is 0 Å². The van der Waals surface area contributed by atoms with Crippen LogP contribution < -0.4 is 4.74 Å². The van der Waals surface area contributed by atoms with Crippen molar-refractivity contribution in [1.29, 1.82) is 0 Å². The molecule has 0 bridgehead atoms. The number of carbonyl (C=O) groups is 1. The Bertz CT molecular complexity index is 781. The number of benzene rings is 2. The Morgan fingerprint density at radius 3 is 2.54 bits per heavy atom. The topological polar surface area (TPSA) is 55.8 Å². The van der Waals surface area contributed by atoms with E-state index in [0.717, 1.165) is 28.0 Å². The third kappa shape index (κ3) is 3.81. The van der Waals surface area contributed by atoms with E-state index in [2.05, 4.69) is 6.07 Å². The molecule has 3 rings (SSSR count). The summed E-state index contributed by atoms with van der Waals surface area (Å²) < 4.78 is 10.9. The van der Waals surface area contributed by atoms with Crippen molar-refractivity contribution in [2.45, 2.75) is 44.8 Å². The Morgan fingerprint density at radius 1 is 1.15 bits per heavy atom. The molecular weight excluding hydrogens is 328 g/mol. The molecule has 4 nitrogen and oxygen atoms in total. The van der Waals surface area contributed by atoms with Crippen LogP contribution in [0.15, 0.2) is 42.5 Å². The molecule has 0 aliphatic heterocycles. The predicted octanol–water partition coefficient (Wildman–Crippen LogP) is 3.71. The lowest BCUT2D eigenvalue weighted by atomic mass is 9.82. The van der Waals surface area contributed by atoms with Gasteiger partial charge in [0.1, 0.15) is 17.1 Å². The van der Waals surface area contributed by atoms with Gasteiger partial charge in [-0.2, -0.15) is 0 Å². The minimum atomic E-state index is -1.15. The Balaban J connectivity index is 1.71. The second-order valence-corrected chi connectivity index (χ2v) is 7.20. The minimum Gasteiger partial charge on any atom is -0.497 e. The van der Waals surface area contributed by atoms with Gasteiger partial charge < -0.3 is 14.6 Å². The van der Waals surface area contributed by atoms with Crippen LogP contribution in [0.1, 0.15) is 41.0 Å². The molecule has 1 aliphatic carbocycles. The molecule has 0 aromatic heterocycles. The van der Waals surface area contributed by atoms with Crippen LogP contribution in [0.3, 0.4) is 0 Å². The van der Waals surface area contributed by atoms with Gasteiger partial charge in [-0.1, -0.05) is 35.9 Å². The summed E-state index contributed by atoms with van der Waals surface area (Å²) >= 11 is 0. The van der Waals surface area contributed by atoms with Gasteiger partial charge in [0.2, 0.25) is 0 Å². The Hall–Kier alpha value is -2.17. The number of ether oxygens (including phenoxy) is 2. The first kappa shape index (κ1) is 18.6. The quantitative estimate of drug-likeness (QED) is 0.859. The van der Waals surface area contributed by atoms with Gasteiger partial charge >= 0.3 is 0 Å². The van der Waals surface area contributed by atoms with Crippen LogP contribution >= 0.6 is 0 Å². The highest BCUT2D eigenvalue weighted by molar-refractivity contribution is 5.90. The molecular formula is C22H26O4. The second-order valence-electron chi connectivity index (χ2n) is 7.20. The lowest BCUT2D eigenvalue weighted by Gasteiger charge is -2.30. The maximum Gasteiger partial charge on any atom is 0.143 e. The largest absolute Gasteiger partial charge is 0.497 e. The summed E-state index contributed by atoms with van der Waals surface area (Å²) in [4.78, 5) is 12.5. The standard InChI is InChI=1S/C22H26O4/c1-15-4-9-19(16(2)12-15)21-20(23)10-11-22(21,24)14-26-13-17-5-7-18(25-3)8-6-17/h4-9,12,21,24H,10-11,13-14H2,1-3H3/t21?,22-/m1/s1. The molecule has 1 saturated carbocycles. The SMILES string of the molecule is COc1ccc(COC[C@]2(O)CCC(=O)C2c2ccc(C)cc2C)cc1. The van der Waals surface area contributed by atoms with Crippen LogP contribution in [0.4, 0.5) is 0 Å². The lowest BCUT2D eigenvalue weighted by Crippen LogP contribution is -2.39. The van der Waals surface area contributed by atoms with Gasteiger partial charge in [-0.15, -0.1) is 0 Å². The molecule has 1 aliphatic rings. The van der Waals surface area contributed by atoms with Gasteiger partial charge in [0, 0.05) is 6.42 Å². The summed E-state index contributed by atoms with van der Waals surface area (Å²) in [5, 5.41) is 11.2. The molecule has 138 valence electrons. The number of rotatable bonds is 6. The highest BCUT2D eigenvalue weighted by atomic mass is 16.5. The first-order chi connectivity index (χ1) is 12.4. The van der Waals surface area contributed by atoms with Crippen LogP contribution in [0.5, 0.6) is 5.75 Å². The summed E-state index contributed by atoms with van der Waals surface area (Å²) in [6.45, 7) is 4.55. The molecule has 2 atom stereocenters. The second kappa shape index (κ2) is 7.60. The summed E-state index contributed by atoms with van der Waals surface area (Å²) in [5.74, 6) is 0.371. The van der Waals surface area contributed by atoms with E-state index in [1.54, 1.807) is 7.11 Å². The zero-order chi connectivity index (χ0) is 18.7. The van der Waals surface area contributed by atoms with Crippen molar-refractivity contribution in [3.8, 4) is 5.75 Å². The van der Waals surface area contributed by atoms with Gasteiger partial charge in [-0.25, -0.2) is 0 Å². The summed E-state index contributed by atoms with van der Waals surface area (Å²) in [6.07, 6.45) is 0.826. The highest BCUT2D eigenvalue weighted by Crippen LogP contribution is 2.42. The number of methoxy groups -OCH3 is 1. The fraction of sp³-hybridized carbons (Fsp3) is 0.409. The van der Waals surface area contributed by atoms with Crippen molar-refractivity contribution < 1.29 is 19.4 Å². The number of hydrogen-bond acceptors (Lipinski definition) is 4. The van der Waals surface area contributed by atoms with E-state index in [0.29, 0.717) is 19.4 Å². The van der Waals surface area contributed by atoms with Gasteiger partial charge in [0.05, 0.1) is 26.2 Å². The van der Waals surface area contributed by atoms with E-state index >= 15 is 0 Å². The van der Waals surface area contributed by atoms with Gasteiger partial charge in [0.15, 0.2) is 0 Å². The van der Waals surface area contributed by atoms with Crippen molar-refractivity contribution in [3.05, 3.63) is 64.7 Å². The Labute approximate surface area is 154 Å². The van der Waals surface area contributed by atoms with E-state index in [4.69, 9.17) is 9.47 Å². The molecule has 1 N–H and O–H groups in total. The van der Waals surface area contributed by atoms with Crippen LogP contribution in [-0.2, 0) is 16.1 Å². The van der Waals surface area contributed by atoms with Crippen LogP contribution in [0.25, 0.3) is 0 Å². The Kier molecular flexibility index (Phi) is 5.44. The number of ketones is 1. The maximum atomic E-state index is 12.5. The smallest absolute Gasteiger partial charge is 0.143 e. The lowest BCUT2D eigenvalue weighted by molar-refractivity contribution is -0.123. The average Bonchev–Trinajstić information content (AvgIpc) is 2.91. The number of hydrogen-bond donors (Lipinski definition) is 1. The monoisotopic (exact) mass is 354 g/mol. The number of aryl methyl sites for hydroxylation is 2. The van der Waals surface area contributed by atoms with Crippen molar-refractivity contribution in [2.75, 3.05) is 13.7 Å². The number of aliphatic hydroxyl groups is 1. The molecule has 1 fully saturated rings. The van der Waals surface area contributed by atoms with Crippen molar-refractivity contribution in [2.24, 2.45) is 0 Å². The van der Waals surface area contributed by atoms with Gasteiger partial charge in [0.25, 0.3) is 0 Å². The summed E-state index contributed by atoms with van der Waals surface area (Å²) in [6, 6.07) is 13.6. The third-order valence-corrected chi connectivity index (χ3v) is 5.18. The van der Waals surface area contributed by atoms with E-state index in [-0.39, 0.29) is 12.4 Å². The highest BCUT2D eigenvalue weighted by Gasteiger charge is 2.48. The normalized spacial score (nSPS) is 22.6. The van der Waals surface area contributed by atoms with Crippen LogP contribution in [0.2, 0.25) is 0 Å². The van der Waals surface area contributed by atoms with E-state index < -0.39 is 11.5 Å². The first-order valence-electron chi connectivity index (χ1n) is 8.96. The predicted molar refractivity (Wildman–Crippen MR) is 100 cm³/mol. The summed E-state index contributed by atoms with van der Waals surface area (Å²) in [5.41, 5.74) is 2.95. The zero-order valence-electron chi connectivity index (χ0n) is 15.6. The van der Waals surface area contributed by atoms with Crippen molar-refractivity contribution in [3.63, 3.8) is 0 Å². The molecule has 2 aromatic rings. The summed E-state index contributed by atoms with van der Waals surface area (Å²) in [7, 11) is 1.63. The molecule has 0 amide bonds. The molecule has 0 saturated heterocycles.